The zero-order chi connectivity index (χ0) is 10.6. The SMILES string of the molecule is C=CCC(CCCCCC)NCCC. The number of unbranched alkanes of at least 4 members (excludes halogenated alkanes) is 3. The van der Waals surface area contributed by atoms with Gasteiger partial charge in [-0.2, -0.15) is 0 Å². The molecule has 0 radical (unpaired) electrons. The molecule has 0 aliphatic heterocycles. The Morgan fingerprint density at radius 3 is 2.50 bits per heavy atom. The van der Waals surface area contributed by atoms with Gasteiger partial charge in [-0.25, -0.2) is 0 Å². The summed E-state index contributed by atoms with van der Waals surface area (Å²) >= 11 is 0. The van der Waals surface area contributed by atoms with E-state index in [-0.39, 0.29) is 0 Å². The molecule has 0 heterocycles. The summed E-state index contributed by atoms with van der Waals surface area (Å²) in [4.78, 5) is 0. The highest BCUT2D eigenvalue weighted by Crippen LogP contribution is 2.08. The van der Waals surface area contributed by atoms with E-state index in [0.717, 1.165) is 13.0 Å². The van der Waals surface area contributed by atoms with Crippen LogP contribution in [0, 0.1) is 0 Å². The second-order valence-corrected chi connectivity index (χ2v) is 4.02. The van der Waals surface area contributed by atoms with Gasteiger partial charge < -0.3 is 5.32 Å². The lowest BCUT2D eigenvalue weighted by Gasteiger charge is -2.16. The fourth-order valence-electron chi connectivity index (χ4n) is 1.67. The average Bonchev–Trinajstić information content (AvgIpc) is 2.20. The maximum absolute atomic E-state index is 3.81. The standard InChI is InChI=1S/C13H27N/c1-4-7-8-9-11-13(10-5-2)14-12-6-3/h5,13-14H,2,4,6-12H2,1,3H3. The lowest BCUT2D eigenvalue weighted by Crippen LogP contribution is -2.29. The third-order valence-electron chi connectivity index (χ3n) is 2.54. The Morgan fingerprint density at radius 2 is 1.93 bits per heavy atom. The van der Waals surface area contributed by atoms with Crippen LogP contribution in [0.15, 0.2) is 12.7 Å². The van der Waals surface area contributed by atoms with Crippen molar-refractivity contribution in [1.82, 2.24) is 5.32 Å². The normalized spacial score (nSPS) is 12.7. The summed E-state index contributed by atoms with van der Waals surface area (Å²) in [5.41, 5.74) is 0. The quantitative estimate of drug-likeness (QED) is 0.414. The summed E-state index contributed by atoms with van der Waals surface area (Å²) < 4.78 is 0. The van der Waals surface area contributed by atoms with Gasteiger partial charge in [0.05, 0.1) is 0 Å². The maximum Gasteiger partial charge on any atom is 0.0101 e. The first kappa shape index (κ1) is 13.7. The smallest absolute Gasteiger partial charge is 0.0101 e. The summed E-state index contributed by atoms with van der Waals surface area (Å²) in [5, 5.41) is 3.58. The van der Waals surface area contributed by atoms with Crippen molar-refractivity contribution in [3.63, 3.8) is 0 Å². The minimum atomic E-state index is 0.671. The first-order valence-corrected chi connectivity index (χ1v) is 6.19. The highest BCUT2D eigenvalue weighted by molar-refractivity contribution is 4.77. The Hall–Kier alpha value is -0.300. The third-order valence-corrected chi connectivity index (χ3v) is 2.54. The monoisotopic (exact) mass is 197 g/mol. The molecule has 14 heavy (non-hydrogen) atoms. The number of nitrogens with one attached hydrogen (secondary N) is 1. The first-order chi connectivity index (χ1) is 6.85. The van der Waals surface area contributed by atoms with E-state index in [1.807, 2.05) is 6.08 Å². The van der Waals surface area contributed by atoms with Crippen molar-refractivity contribution < 1.29 is 0 Å². The van der Waals surface area contributed by atoms with Crippen molar-refractivity contribution in [2.75, 3.05) is 6.54 Å². The second kappa shape index (κ2) is 10.8. The van der Waals surface area contributed by atoms with Gasteiger partial charge in [0.2, 0.25) is 0 Å². The minimum absolute atomic E-state index is 0.671. The Balaban J connectivity index is 3.45. The number of hydrogen-bond donors (Lipinski definition) is 1. The molecule has 0 aliphatic carbocycles. The Morgan fingerprint density at radius 1 is 1.14 bits per heavy atom. The highest BCUT2D eigenvalue weighted by atomic mass is 14.9. The van der Waals surface area contributed by atoms with Crippen molar-refractivity contribution in [1.29, 1.82) is 0 Å². The molecule has 0 aliphatic rings. The topological polar surface area (TPSA) is 12.0 Å². The van der Waals surface area contributed by atoms with Crippen LogP contribution in [0.4, 0.5) is 0 Å². The van der Waals surface area contributed by atoms with E-state index in [0.29, 0.717) is 6.04 Å². The summed E-state index contributed by atoms with van der Waals surface area (Å²) in [6, 6.07) is 0.671. The van der Waals surface area contributed by atoms with E-state index >= 15 is 0 Å². The molecule has 1 nitrogen and oxygen atoms in total. The van der Waals surface area contributed by atoms with Crippen LogP contribution in [0.1, 0.15) is 58.8 Å². The van der Waals surface area contributed by atoms with Gasteiger partial charge in [-0.1, -0.05) is 45.6 Å². The molecule has 1 atom stereocenters. The molecule has 0 rings (SSSR count). The molecule has 0 aromatic carbocycles. The fraction of sp³-hybridized carbons (Fsp3) is 0.846. The molecule has 0 fully saturated rings. The van der Waals surface area contributed by atoms with E-state index in [4.69, 9.17) is 0 Å². The fourth-order valence-corrected chi connectivity index (χ4v) is 1.67. The molecule has 0 saturated heterocycles. The zero-order valence-corrected chi connectivity index (χ0v) is 10.0. The van der Waals surface area contributed by atoms with Crippen molar-refractivity contribution in [2.24, 2.45) is 0 Å². The van der Waals surface area contributed by atoms with Crippen LogP contribution in [0.25, 0.3) is 0 Å². The van der Waals surface area contributed by atoms with Crippen molar-refractivity contribution >= 4 is 0 Å². The summed E-state index contributed by atoms with van der Waals surface area (Å²) in [5.74, 6) is 0. The molecule has 0 spiro atoms. The molecular formula is C13H27N. The van der Waals surface area contributed by atoms with Crippen LogP contribution >= 0.6 is 0 Å². The molecular weight excluding hydrogens is 170 g/mol. The highest BCUT2D eigenvalue weighted by Gasteiger charge is 2.04. The lowest BCUT2D eigenvalue weighted by molar-refractivity contribution is 0.458. The van der Waals surface area contributed by atoms with Gasteiger partial charge in [0.1, 0.15) is 0 Å². The van der Waals surface area contributed by atoms with E-state index in [9.17, 15) is 0 Å². The van der Waals surface area contributed by atoms with Gasteiger partial charge in [-0.3, -0.25) is 0 Å². The molecule has 84 valence electrons. The average molecular weight is 197 g/mol. The maximum atomic E-state index is 3.81. The number of hydrogen-bond acceptors (Lipinski definition) is 1. The van der Waals surface area contributed by atoms with Gasteiger partial charge in [0.25, 0.3) is 0 Å². The minimum Gasteiger partial charge on any atom is -0.314 e. The van der Waals surface area contributed by atoms with Gasteiger partial charge in [0.15, 0.2) is 0 Å². The van der Waals surface area contributed by atoms with E-state index in [2.05, 4.69) is 25.7 Å². The van der Waals surface area contributed by atoms with Gasteiger partial charge in [0, 0.05) is 6.04 Å². The van der Waals surface area contributed by atoms with E-state index in [1.54, 1.807) is 0 Å². The van der Waals surface area contributed by atoms with Crippen molar-refractivity contribution in [2.45, 2.75) is 64.8 Å². The summed E-state index contributed by atoms with van der Waals surface area (Å²) in [7, 11) is 0. The molecule has 0 aromatic heterocycles. The Bertz CT molecular complexity index is 120. The number of rotatable bonds is 10. The van der Waals surface area contributed by atoms with E-state index in [1.165, 1.54) is 38.5 Å². The van der Waals surface area contributed by atoms with Gasteiger partial charge >= 0.3 is 0 Å². The molecule has 0 bridgehead atoms. The van der Waals surface area contributed by atoms with Gasteiger partial charge in [-0.15, -0.1) is 6.58 Å². The van der Waals surface area contributed by atoms with Crippen LogP contribution in [-0.4, -0.2) is 12.6 Å². The van der Waals surface area contributed by atoms with Crippen LogP contribution in [0.3, 0.4) is 0 Å². The predicted molar refractivity (Wildman–Crippen MR) is 65.7 cm³/mol. The molecule has 0 aromatic rings. The van der Waals surface area contributed by atoms with E-state index < -0.39 is 0 Å². The Kier molecular flexibility index (Phi) is 10.5. The van der Waals surface area contributed by atoms with Crippen LogP contribution in [-0.2, 0) is 0 Å². The second-order valence-electron chi connectivity index (χ2n) is 4.02. The summed E-state index contributed by atoms with van der Waals surface area (Å²) in [6.07, 6.45) is 11.2. The summed E-state index contributed by atoms with van der Waals surface area (Å²) in [6.45, 7) is 9.44. The molecule has 0 amide bonds. The largest absolute Gasteiger partial charge is 0.314 e. The van der Waals surface area contributed by atoms with Crippen LogP contribution in [0.2, 0.25) is 0 Å². The molecule has 1 N–H and O–H groups in total. The first-order valence-electron chi connectivity index (χ1n) is 6.19. The molecule has 1 heteroatoms. The van der Waals surface area contributed by atoms with Gasteiger partial charge in [-0.05, 0) is 25.8 Å². The third kappa shape index (κ3) is 8.31. The van der Waals surface area contributed by atoms with Crippen LogP contribution in [0.5, 0.6) is 0 Å². The molecule has 0 saturated carbocycles. The van der Waals surface area contributed by atoms with Crippen molar-refractivity contribution in [3.05, 3.63) is 12.7 Å². The Labute approximate surface area is 90.0 Å². The molecule has 1 unspecified atom stereocenters. The van der Waals surface area contributed by atoms with Crippen LogP contribution < -0.4 is 5.32 Å². The predicted octanol–water partition coefficient (Wildman–Crippen LogP) is 3.90. The lowest BCUT2D eigenvalue weighted by atomic mass is 10.0. The zero-order valence-electron chi connectivity index (χ0n) is 10.0. The van der Waals surface area contributed by atoms with Crippen molar-refractivity contribution in [3.8, 4) is 0 Å².